The van der Waals surface area contributed by atoms with Crippen LogP contribution in [0.2, 0.25) is 0 Å². The second-order valence-electron chi connectivity index (χ2n) is 3.28. The molecule has 78 valence electrons. The highest BCUT2D eigenvalue weighted by Crippen LogP contribution is 2.16. The molecular formula is C12H12O3. The van der Waals surface area contributed by atoms with Crippen LogP contribution in [-0.4, -0.2) is 6.61 Å². The zero-order valence-corrected chi connectivity index (χ0v) is 8.53. The van der Waals surface area contributed by atoms with Gasteiger partial charge in [-0.1, -0.05) is 25.1 Å². The van der Waals surface area contributed by atoms with E-state index in [0.717, 1.165) is 11.8 Å². The first-order chi connectivity index (χ1) is 7.31. The third kappa shape index (κ3) is 2.01. The van der Waals surface area contributed by atoms with Crippen molar-refractivity contribution in [2.24, 2.45) is 0 Å². The summed E-state index contributed by atoms with van der Waals surface area (Å²) in [6.07, 6.45) is 0.867. The molecule has 0 spiro atoms. The van der Waals surface area contributed by atoms with Gasteiger partial charge in [0.2, 0.25) is 5.75 Å². The van der Waals surface area contributed by atoms with Crippen molar-refractivity contribution in [3.05, 3.63) is 40.8 Å². The standard InChI is InChI=1S/C12H12O3/c1-2-7-14-11-8-9-5-3-4-6-10(9)15-12(11)13/h3-6,8H,2,7H2,1H3. The van der Waals surface area contributed by atoms with E-state index < -0.39 is 5.63 Å². The molecule has 0 aliphatic carbocycles. The van der Waals surface area contributed by atoms with Gasteiger partial charge in [-0.15, -0.1) is 0 Å². The summed E-state index contributed by atoms with van der Waals surface area (Å²) < 4.78 is 10.4. The lowest BCUT2D eigenvalue weighted by molar-refractivity contribution is 0.302. The summed E-state index contributed by atoms with van der Waals surface area (Å²) in [6.45, 7) is 2.52. The van der Waals surface area contributed by atoms with E-state index in [1.807, 2.05) is 25.1 Å². The molecule has 0 aliphatic heterocycles. The minimum Gasteiger partial charge on any atom is -0.487 e. The predicted octanol–water partition coefficient (Wildman–Crippen LogP) is 2.58. The molecule has 2 aromatic rings. The first kappa shape index (κ1) is 9.77. The molecule has 0 N–H and O–H groups in total. The Hall–Kier alpha value is -1.77. The number of hydrogen-bond donors (Lipinski definition) is 0. The number of para-hydroxylation sites is 1. The second-order valence-corrected chi connectivity index (χ2v) is 3.28. The largest absolute Gasteiger partial charge is 0.487 e. The third-order valence-corrected chi connectivity index (χ3v) is 2.07. The number of hydrogen-bond acceptors (Lipinski definition) is 3. The molecular weight excluding hydrogens is 192 g/mol. The van der Waals surface area contributed by atoms with Crippen LogP contribution >= 0.6 is 0 Å². The topological polar surface area (TPSA) is 39.4 Å². The third-order valence-electron chi connectivity index (χ3n) is 2.07. The monoisotopic (exact) mass is 204 g/mol. The van der Waals surface area contributed by atoms with Crippen LogP contribution in [0.5, 0.6) is 5.75 Å². The van der Waals surface area contributed by atoms with Gasteiger partial charge < -0.3 is 9.15 Å². The lowest BCUT2D eigenvalue weighted by Crippen LogP contribution is -2.07. The smallest absolute Gasteiger partial charge is 0.379 e. The Morgan fingerprint density at radius 1 is 1.33 bits per heavy atom. The van der Waals surface area contributed by atoms with Crippen molar-refractivity contribution in [2.45, 2.75) is 13.3 Å². The van der Waals surface area contributed by atoms with E-state index in [-0.39, 0.29) is 5.75 Å². The van der Waals surface area contributed by atoms with Crippen LogP contribution < -0.4 is 10.4 Å². The van der Waals surface area contributed by atoms with Crippen LogP contribution in [0, 0.1) is 0 Å². The summed E-state index contributed by atoms with van der Waals surface area (Å²) in [6, 6.07) is 9.10. The van der Waals surface area contributed by atoms with Crippen molar-refractivity contribution in [1.29, 1.82) is 0 Å². The lowest BCUT2D eigenvalue weighted by atomic mass is 10.2. The number of ether oxygens (including phenoxy) is 1. The fourth-order valence-corrected chi connectivity index (χ4v) is 1.36. The average molecular weight is 204 g/mol. The first-order valence-electron chi connectivity index (χ1n) is 4.97. The molecule has 2 rings (SSSR count). The summed E-state index contributed by atoms with van der Waals surface area (Å²) in [7, 11) is 0. The van der Waals surface area contributed by atoms with Crippen LogP contribution in [0.25, 0.3) is 11.0 Å². The van der Waals surface area contributed by atoms with Gasteiger partial charge in [-0.3, -0.25) is 0 Å². The quantitative estimate of drug-likeness (QED) is 0.721. The fraction of sp³-hybridized carbons (Fsp3) is 0.250. The maximum atomic E-state index is 11.4. The second kappa shape index (κ2) is 4.17. The summed E-state index contributed by atoms with van der Waals surface area (Å²) >= 11 is 0. The molecule has 0 saturated heterocycles. The molecule has 3 heteroatoms. The minimum atomic E-state index is -0.415. The molecule has 0 atom stereocenters. The maximum Gasteiger partial charge on any atom is 0.379 e. The molecule has 0 unspecified atom stereocenters. The van der Waals surface area contributed by atoms with Gasteiger partial charge in [-0.25, -0.2) is 4.79 Å². The molecule has 15 heavy (non-hydrogen) atoms. The van der Waals surface area contributed by atoms with Crippen molar-refractivity contribution >= 4 is 11.0 Å². The normalized spacial score (nSPS) is 10.5. The maximum absolute atomic E-state index is 11.4. The zero-order chi connectivity index (χ0) is 10.7. The summed E-state index contributed by atoms with van der Waals surface area (Å²) in [5.74, 6) is 0.288. The van der Waals surface area contributed by atoms with Gasteiger partial charge in [0, 0.05) is 5.39 Å². The average Bonchev–Trinajstić information content (AvgIpc) is 2.26. The molecule has 0 bridgehead atoms. The highest BCUT2D eigenvalue weighted by Gasteiger charge is 2.04. The summed E-state index contributed by atoms with van der Waals surface area (Å²) in [5, 5.41) is 0.878. The van der Waals surface area contributed by atoms with Gasteiger partial charge in [0.25, 0.3) is 0 Å². The van der Waals surface area contributed by atoms with Crippen LogP contribution in [0.1, 0.15) is 13.3 Å². The molecule has 3 nitrogen and oxygen atoms in total. The Kier molecular flexibility index (Phi) is 2.72. The molecule has 1 aromatic carbocycles. The zero-order valence-electron chi connectivity index (χ0n) is 8.53. The van der Waals surface area contributed by atoms with Crippen LogP contribution in [0.15, 0.2) is 39.5 Å². The van der Waals surface area contributed by atoms with Crippen molar-refractivity contribution < 1.29 is 9.15 Å². The van der Waals surface area contributed by atoms with Gasteiger partial charge in [0.1, 0.15) is 5.58 Å². The Labute approximate surface area is 87.3 Å². The molecule has 1 heterocycles. The molecule has 0 radical (unpaired) electrons. The van der Waals surface area contributed by atoms with Crippen molar-refractivity contribution in [3.8, 4) is 5.75 Å². The van der Waals surface area contributed by atoms with Gasteiger partial charge in [0.15, 0.2) is 0 Å². The highest BCUT2D eigenvalue weighted by atomic mass is 16.5. The van der Waals surface area contributed by atoms with Gasteiger partial charge >= 0.3 is 5.63 Å². The Balaban J connectivity index is 2.48. The van der Waals surface area contributed by atoms with Gasteiger partial charge in [-0.2, -0.15) is 0 Å². The van der Waals surface area contributed by atoms with Crippen LogP contribution in [-0.2, 0) is 0 Å². The van der Waals surface area contributed by atoms with Crippen LogP contribution in [0.4, 0.5) is 0 Å². The predicted molar refractivity (Wildman–Crippen MR) is 58.3 cm³/mol. The number of rotatable bonds is 3. The Morgan fingerprint density at radius 2 is 2.13 bits per heavy atom. The van der Waals surface area contributed by atoms with E-state index in [9.17, 15) is 4.79 Å². The Morgan fingerprint density at radius 3 is 2.93 bits per heavy atom. The lowest BCUT2D eigenvalue weighted by Gasteiger charge is -2.03. The fourth-order valence-electron chi connectivity index (χ4n) is 1.36. The SMILES string of the molecule is CCCOc1cc2ccccc2oc1=O. The van der Waals surface area contributed by atoms with Gasteiger partial charge in [-0.05, 0) is 18.6 Å². The van der Waals surface area contributed by atoms with E-state index in [0.29, 0.717) is 12.2 Å². The van der Waals surface area contributed by atoms with E-state index in [2.05, 4.69) is 0 Å². The van der Waals surface area contributed by atoms with Crippen LogP contribution in [0.3, 0.4) is 0 Å². The van der Waals surface area contributed by atoms with E-state index in [1.165, 1.54) is 0 Å². The van der Waals surface area contributed by atoms with E-state index in [4.69, 9.17) is 9.15 Å². The van der Waals surface area contributed by atoms with E-state index >= 15 is 0 Å². The molecule has 0 saturated carbocycles. The highest BCUT2D eigenvalue weighted by molar-refractivity contribution is 5.77. The first-order valence-corrected chi connectivity index (χ1v) is 4.97. The van der Waals surface area contributed by atoms with Crippen molar-refractivity contribution in [2.75, 3.05) is 6.61 Å². The number of fused-ring (bicyclic) bond motifs is 1. The summed E-state index contributed by atoms with van der Waals surface area (Å²) in [5.41, 5.74) is 0.175. The molecule has 0 amide bonds. The Bertz CT molecular complexity index is 514. The van der Waals surface area contributed by atoms with Crippen molar-refractivity contribution in [1.82, 2.24) is 0 Å². The van der Waals surface area contributed by atoms with Crippen molar-refractivity contribution in [3.63, 3.8) is 0 Å². The number of benzene rings is 1. The molecule has 0 aliphatic rings. The molecule has 1 aromatic heterocycles. The summed E-state index contributed by atoms with van der Waals surface area (Å²) in [4.78, 5) is 11.4. The molecule has 0 fully saturated rings. The minimum absolute atomic E-state index is 0.288. The van der Waals surface area contributed by atoms with E-state index in [1.54, 1.807) is 12.1 Å². The van der Waals surface area contributed by atoms with Gasteiger partial charge in [0.05, 0.1) is 6.61 Å².